The van der Waals surface area contributed by atoms with Crippen molar-refractivity contribution in [1.82, 2.24) is 9.55 Å². The summed E-state index contributed by atoms with van der Waals surface area (Å²) in [4.78, 5) is 4.43. The molecule has 1 heterocycles. The first-order valence-corrected chi connectivity index (χ1v) is 11.2. The third-order valence-electron chi connectivity index (χ3n) is 4.58. The molecule has 0 unspecified atom stereocenters. The van der Waals surface area contributed by atoms with E-state index in [0.717, 1.165) is 16.7 Å². The van der Waals surface area contributed by atoms with Gasteiger partial charge in [0.1, 0.15) is 11.2 Å². The van der Waals surface area contributed by atoms with Crippen molar-refractivity contribution < 1.29 is 17.9 Å². The highest BCUT2D eigenvalue weighted by Gasteiger charge is 2.21. The fourth-order valence-corrected chi connectivity index (χ4v) is 5.20. The van der Waals surface area contributed by atoms with Gasteiger partial charge in [-0.05, 0) is 58.4 Å². The van der Waals surface area contributed by atoms with Crippen molar-refractivity contribution in [2.24, 2.45) is 0 Å². The zero-order valence-corrected chi connectivity index (χ0v) is 18.6. The summed E-state index contributed by atoms with van der Waals surface area (Å²) in [6, 6.07) is 17.8. The van der Waals surface area contributed by atoms with E-state index in [1.165, 1.54) is 20.3 Å². The highest BCUT2D eigenvalue weighted by molar-refractivity contribution is 9.10. The average Bonchev–Trinajstić information content (AvgIpc) is 3.18. The average molecular weight is 488 g/mol. The smallest absolute Gasteiger partial charge is 0.263 e. The van der Waals surface area contributed by atoms with E-state index in [2.05, 4.69) is 25.6 Å². The van der Waals surface area contributed by atoms with Gasteiger partial charge in [0.2, 0.25) is 0 Å². The number of ether oxygens (including phenoxy) is 2. The van der Waals surface area contributed by atoms with Crippen LogP contribution in [0, 0.1) is 0 Å². The Morgan fingerprint density at radius 1 is 0.967 bits per heavy atom. The fraction of sp³-hybridized carbons (Fsp3) is 0.0952. The standard InChI is InChI=1S/C21H18BrN3O4S/c1-28-19-11-16(22)21(12-20(19)29-2)30(26,27)24-14-7-9-15(10-8-14)25-13-23-17-5-3-4-6-18(17)25/h3-13,24H,1-2H3. The first-order chi connectivity index (χ1) is 14.4. The summed E-state index contributed by atoms with van der Waals surface area (Å²) in [6.07, 6.45) is 1.74. The molecule has 4 aromatic rings. The van der Waals surface area contributed by atoms with Gasteiger partial charge < -0.3 is 9.47 Å². The van der Waals surface area contributed by atoms with Gasteiger partial charge in [0.15, 0.2) is 11.5 Å². The third kappa shape index (κ3) is 3.73. The number of sulfonamides is 1. The summed E-state index contributed by atoms with van der Waals surface area (Å²) in [5.74, 6) is 0.753. The minimum Gasteiger partial charge on any atom is -0.493 e. The molecule has 4 rings (SSSR count). The lowest BCUT2D eigenvalue weighted by molar-refractivity contribution is 0.353. The fourth-order valence-electron chi connectivity index (χ4n) is 3.11. The molecule has 0 amide bonds. The Labute approximate surface area is 182 Å². The maximum absolute atomic E-state index is 12.9. The lowest BCUT2D eigenvalue weighted by Gasteiger charge is -2.14. The van der Waals surface area contributed by atoms with E-state index in [-0.39, 0.29) is 4.90 Å². The number of imidazole rings is 1. The summed E-state index contributed by atoms with van der Waals surface area (Å²) >= 11 is 3.30. The zero-order valence-electron chi connectivity index (χ0n) is 16.2. The summed E-state index contributed by atoms with van der Waals surface area (Å²) in [7, 11) is -0.914. The van der Waals surface area contributed by atoms with Crippen LogP contribution in [-0.2, 0) is 10.0 Å². The number of rotatable bonds is 6. The van der Waals surface area contributed by atoms with E-state index in [9.17, 15) is 8.42 Å². The Kier molecular flexibility index (Phi) is 5.40. The largest absolute Gasteiger partial charge is 0.493 e. The van der Waals surface area contributed by atoms with Crippen LogP contribution in [0.15, 0.2) is 76.4 Å². The number of anilines is 1. The first kappa shape index (κ1) is 20.2. The van der Waals surface area contributed by atoms with E-state index < -0.39 is 10.0 Å². The Hall–Kier alpha value is -3.04. The van der Waals surface area contributed by atoms with Crippen molar-refractivity contribution in [3.8, 4) is 17.2 Å². The number of hydrogen-bond donors (Lipinski definition) is 1. The number of halogens is 1. The molecule has 0 radical (unpaired) electrons. The minimum absolute atomic E-state index is 0.0461. The van der Waals surface area contributed by atoms with Crippen molar-refractivity contribution in [2.45, 2.75) is 4.90 Å². The van der Waals surface area contributed by atoms with Crippen LogP contribution < -0.4 is 14.2 Å². The second-order valence-electron chi connectivity index (χ2n) is 6.39. The minimum atomic E-state index is -3.85. The van der Waals surface area contributed by atoms with Gasteiger partial charge in [-0.2, -0.15) is 0 Å². The molecule has 0 atom stereocenters. The summed E-state index contributed by atoms with van der Waals surface area (Å²) < 4.78 is 41.2. The van der Waals surface area contributed by atoms with Gasteiger partial charge in [-0.15, -0.1) is 0 Å². The number of fused-ring (bicyclic) bond motifs is 1. The number of benzene rings is 3. The van der Waals surface area contributed by atoms with Crippen LogP contribution in [0.5, 0.6) is 11.5 Å². The van der Waals surface area contributed by atoms with Gasteiger partial charge in [0.25, 0.3) is 10.0 Å². The highest BCUT2D eigenvalue weighted by atomic mass is 79.9. The molecule has 0 saturated heterocycles. The molecule has 1 N–H and O–H groups in total. The first-order valence-electron chi connectivity index (χ1n) is 8.90. The summed E-state index contributed by atoms with van der Waals surface area (Å²) in [5.41, 5.74) is 3.17. The van der Waals surface area contributed by atoms with Crippen molar-refractivity contribution in [2.75, 3.05) is 18.9 Å². The Bertz CT molecular complexity index is 1320. The topological polar surface area (TPSA) is 82.5 Å². The van der Waals surface area contributed by atoms with Crippen LogP contribution >= 0.6 is 15.9 Å². The molecule has 154 valence electrons. The number of nitrogens with one attached hydrogen (secondary N) is 1. The molecule has 0 bridgehead atoms. The van der Waals surface area contributed by atoms with Crippen LogP contribution in [0.2, 0.25) is 0 Å². The van der Waals surface area contributed by atoms with Crippen LogP contribution in [0.25, 0.3) is 16.7 Å². The quantitative estimate of drug-likeness (QED) is 0.429. The predicted octanol–water partition coefficient (Wildman–Crippen LogP) is 4.61. The summed E-state index contributed by atoms with van der Waals surface area (Å²) in [6.45, 7) is 0. The van der Waals surface area contributed by atoms with Gasteiger partial charge >= 0.3 is 0 Å². The second-order valence-corrected chi connectivity index (χ2v) is 8.90. The molecule has 7 nitrogen and oxygen atoms in total. The Balaban J connectivity index is 1.63. The van der Waals surface area contributed by atoms with Crippen molar-refractivity contribution >= 4 is 42.7 Å². The molecule has 0 spiro atoms. The number of methoxy groups -OCH3 is 2. The SMILES string of the molecule is COc1cc(Br)c(S(=O)(=O)Nc2ccc(-n3cnc4ccccc43)cc2)cc1OC. The molecule has 0 saturated carbocycles. The molecule has 1 aromatic heterocycles. The lowest BCUT2D eigenvalue weighted by atomic mass is 10.2. The van der Waals surface area contributed by atoms with Gasteiger partial charge in [-0.1, -0.05) is 12.1 Å². The van der Waals surface area contributed by atoms with E-state index >= 15 is 0 Å². The van der Waals surface area contributed by atoms with E-state index in [4.69, 9.17) is 9.47 Å². The normalized spacial score (nSPS) is 11.4. The molecule has 30 heavy (non-hydrogen) atoms. The van der Waals surface area contributed by atoms with Crippen LogP contribution in [0.1, 0.15) is 0 Å². The number of aromatic nitrogens is 2. The van der Waals surface area contributed by atoms with Crippen LogP contribution in [0.4, 0.5) is 5.69 Å². The molecule has 0 aliphatic rings. The molecule has 3 aromatic carbocycles. The van der Waals surface area contributed by atoms with Gasteiger partial charge in [0, 0.05) is 21.9 Å². The second kappa shape index (κ2) is 8.00. The molecule has 0 aliphatic carbocycles. The van der Waals surface area contributed by atoms with E-state index in [0.29, 0.717) is 21.7 Å². The van der Waals surface area contributed by atoms with Gasteiger partial charge in [0.05, 0.1) is 25.3 Å². The third-order valence-corrected chi connectivity index (χ3v) is 6.92. The lowest BCUT2D eigenvalue weighted by Crippen LogP contribution is -2.14. The Morgan fingerprint density at radius 2 is 1.63 bits per heavy atom. The van der Waals surface area contributed by atoms with Crippen molar-refractivity contribution in [3.05, 3.63) is 71.5 Å². The van der Waals surface area contributed by atoms with Gasteiger partial charge in [-0.3, -0.25) is 9.29 Å². The van der Waals surface area contributed by atoms with Crippen molar-refractivity contribution in [1.29, 1.82) is 0 Å². The maximum Gasteiger partial charge on any atom is 0.263 e. The maximum atomic E-state index is 12.9. The van der Waals surface area contributed by atoms with Crippen LogP contribution in [0.3, 0.4) is 0 Å². The number of hydrogen-bond acceptors (Lipinski definition) is 5. The zero-order chi connectivity index (χ0) is 21.3. The monoisotopic (exact) mass is 487 g/mol. The number of para-hydroxylation sites is 2. The predicted molar refractivity (Wildman–Crippen MR) is 119 cm³/mol. The highest BCUT2D eigenvalue weighted by Crippen LogP contribution is 2.36. The van der Waals surface area contributed by atoms with E-state index in [1.54, 1.807) is 24.5 Å². The van der Waals surface area contributed by atoms with Crippen molar-refractivity contribution in [3.63, 3.8) is 0 Å². The Morgan fingerprint density at radius 3 is 2.33 bits per heavy atom. The van der Waals surface area contributed by atoms with Gasteiger partial charge in [-0.25, -0.2) is 13.4 Å². The molecule has 0 fully saturated rings. The van der Waals surface area contributed by atoms with Crippen LogP contribution in [-0.4, -0.2) is 32.2 Å². The molecular formula is C21H18BrN3O4S. The summed E-state index contributed by atoms with van der Waals surface area (Å²) in [5, 5.41) is 0. The molecular weight excluding hydrogens is 470 g/mol. The molecule has 0 aliphatic heterocycles. The molecule has 9 heteroatoms. The van der Waals surface area contributed by atoms with E-state index in [1.807, 2.05) is 41.0 Å². The number of nitrogens with zero attached hydrogens (tertiary/aromatic N) is 2.